The van der Waals surface area contributed by atoms with Crippen LogP contribution in [-0.4, -0.2) is 42.6 Å². The van der Waals surface area contributed by atoms with Crippen molar-refractivity contribution in [1.29, 1.82) is 0 Å². The van der Waals surface area contributed by atoms with Gasteiger partial charge in [0, 0.05) is 18.6 Å². The Hall–Kier alpha value is -1.62. The molecule has 1 aromatic carbocycles. The zero-order valence-corrected chi connectivity index (χ0v) is 12.1. The lowest BCUT2D eigenvalue weighted by Gasteiger charge is -2.28. The van der Waals surface area contributed by atoms with E-state index in [1.54, 1.807) is 12.1 Å². The normalized spacial score (nSPS) is 24.7. The summed E-state index contributed by atoms with van der Waals surface area (Å²) in [5.74, 6) is 0.491. The largest absolute Gasteiger partial charge is 0.493 e. The lowest BCUT2D eigenvalue weighted by atomic mass is 10.1. The second-order valence-corrected chi connectivity index (χ2v) is 5.73. The minimum Gasteiger partial charge on any atom is -0.493 e. The summed E-state index contributed by atoms with van der Waals surface area (Å²) in [6.45, 7) is 2.24. The molecule has 21 heavy (non-hydrogen) atoms. The summed E-state index contributed by atoms with van der Waals surface area (Å²) >= 11 is 0. The number of carbonyl (C=O) groups excluding carboxylic acids is 1. The summed E-state index contributed by atoms with van der Waals surface area (Å²) in [6.07, 6.45) is 3.64. The highest BCUT2D eigenvalue weighted by Gasteiger charge is 2.37. The van der Waals surface area contributed by atoms with Crippen LogP contribution in [0.5, 0.6) is 5.75 Å². The van der Waals surface area contributed by atoms with Crippen molar-refractivity contribution < 1.29 is 13.9 Å². The van der Waals surface area contributed by atoms with E-state index in [0.29, 0.717) is 30.9 Å². The lowest BCUT2D eigenvalue weighted by Crippen LogP contribution is -2.42. The molecule has 1 amide bonds. The van der Waals surface area contributed by atoms with Crippen LogP contribution in [0.3, 0.4) is 0 Å². The van der Waals surface area contributed by atoms with Crippen LogP contribution in [0.25, 0.3) is 0 Å². The molecule has 2 unspecified atom stereocenters. The Kier molecular flexibility index (Phi) is 4.39. The number of hydrogen-bond acceptors (Lipinski definition) is 3. The molecule has 0 saturated carbocycles. The fourth-order valence-electron chi connectivity index (χ4n) is 3.31. The molecule has 1 aromatic rings. The quantitative estimate of drug-likeness (QED) is 0.922. The van der Waals surface area contributed by atoms with Gasteiger partial charge in [0.05, 0.1) is 13.0 Å². The highest BCUT2D eigenvalue weighted by Crippen LogP contribution is 2.28. The van der Waals surface area contributed by atoms with E-state index in [9.17, 15) is 9.18 Å². The number of hydrogen-bond donors (Lipinski definition) is 1. The summed E-state index contributed by atoms with van der Waals surface area (Å²) in [7, 11) is 0. The predicted molar refractivity (Wildman–Crippen MR) is 77.7 cm³/mol. The minimum absolute atomic E-state index is 0.174. The first-order valence-electron chi connectivity index (χ1n) is 7.64. The SMILES string of the molecule is O=C(CCOc1ccc(F)cc1)N1C2CCNCC1CC2. The number of rotatable bonds is 4. The number of nitrogens with one attached hydrogen (secondary N) is 1. The number of benzene rings is 1. The highest BCUT2D eigenvalue weighted by atomic mass is 19.1. The summed E-state index contributed by atoms with van der Waals surface area (Å²) < 4.78 is 18.3. The van der Waals surface area contributed by atoms with Crippen molar-refractivity contribution in [3.8, 4) is 5.75 Å². The molecule has 1 N–H and O–H groups in total. The number of amides is 1. The first-order chi connectivity index (χ1) is 10.2. The summed E-state index contributed by atoms with van der Waals surface area (Å²) in [5, 5.41) is 3.39. The van der Waals surface area contributed by atoms with Crippen LogP contribution in [0, 0.1) is 5.82 Å². The van der Waals surface area contributed by atoms with E-state index in [0.717, 1.165) is 32.4 Å². The molecular formula is C16H21FN2O2. The van der Waals surface area contributed by atoms with Crippen LogP contribution >= 0.6 is 0 Å². The molecule has 3 rings (SSSR count). The van der Waals surface area contributed by atoms with E-state index in [4.69, 9.17) is 4.74 Å². The van der Waals surface area contributed by atoms with Crippen LogP contribution < -0.4 is 10.1 Å². The molecule has 0 radical (unpaired) electrons. The van der Waals surface area contributed by atoms with Crippen molar-refractivity contribution in [2.24, 2.45) is 0 Å². The molecular weight excluding hydrogens is 271 g/mol. The molecule has 2 saturated heterocycles. The summed E-state index contributed by atoms with van der Waals surface area (Å²) in [4.78, 5) is 14.5. The van der Waals surface area contributed by atoms with Crippen molar-refractivity contribution in [2.45, 2.75) is 37.8 Å². The van der Waals surface area contributed by atoms with Gasteiger partial charge in [0.2, 0.25) is 5.91 Å². The van der Waals surface area contributed by atoms with Gasteiger partial charge in [-0.1, -0.05) is 0 Å². The third-order valence-electron chi connectivity index (χ3n) is 4.34. The van der Waals surface area contributed by atoms with Gasteiger partial charge in [-0.05, 0) is 50.1 Å². The summed E-state index contributed by atoms with van der Waals surface area (Å²) in [6, 6.07) is 6.62. The second-order valence-electron chi connectivity index (χ2n) is 5.73. The van der Waals surface area contributed by atoms with E-state index in [2.05, 4.69) is 10.2 Å². The molecule has 0 spiro atoms. The van der Waals surface area contributed by atoms with Gasteiger partial charge in [0.25, 0.3) is 0 Å². The van der Waals surface area contributed by atoms with Gasteiger partial charge in [-0.2, -0.15) is 0 Å². The van der Waals surface area contributed by atoms with Gasteiger partial charge >= 0.3 is 0 Å². The minimum atomic E-state index is -0.285. The topological polar surface area (TPSA) is 41.6 Å². The molecule has 2 fully saturated rings. The van der Waals surface area contributed by atoms with Gasteiger partial charge in [0.1, 0.15) is 11.6 Å². The molecule has 2 bridgehead atoms. The maximum Gasteiger partial charge on any atom is 0.226 e. The Morgan fingerprint density at radius 3 is 2.81 bits per heavy atom. The molecule has 0 aliphatic carbocycles. The maximum atomic E-state index is 12.8. The van der Waals surface area contributed by atoms with Crippen LogP contribution in [0.1, 0.15) is 25.7 Å². The lowest BCUT2D eigenvalue weighted by molar-refractivity contribution is -0.134. The van der Waals surface area contributed by atoms with E-state index in [1.807, 2.05) is 0 Å². The molecule has 4 nitrogen and oxygen atoms in total. The van der Waals surface area contributed by atoms with Crippen molar-refractivity contribution in [1.82, 2.24) is 10.2 Å². The van der Waals surface area contributed by atoms with Crippen LogP contribution in [0.4, 0.5) is 4.39 Å². The zero-order chi connectivity index (χ0) is 14.7. The van der Waals surface area contributed by atoms with Gasteiger partial charge < -0.3 is 15.0 Å². The molecule has 2 aliphatic rings. The van der Waals surface area contributed by atoms with Crippen molar-refractivity contribution in [3.63, 3.8) is 0 Å². The number of nitrogens with zero attached hydrogens (tertiary/aromatic N) is 1. The van der Waals surface area contributed by atoms with E-state index >= 15 is 0 Å². The smallest absolute Gasteiger partial charge is 0.226 e. The van der Waals surface area contributed by atoms with Crippen LogP contribution in [-0.2, 0) is 4.79 Å². The molecule has 5 heteroatoms. The Bertz CT molecular complexity index is 478. The number of fused-ring (bicyclic) bond motifs is 2. The first kappa shape index (κ1) is 14.3. The third kappa shape index (κ3) is 3.35. The van der Waals surface area contributed by atoms with Gasteiger partial charge in [-0.25, -0.2) is 4.39 Å². The second kappa shape index (κ2) is 6.43. The molecule has 2 aliphatic heterocycles. The third-order valence-corrected chi connectivity index (χ3v) is 4.34. The average molecular weight is 292 g/mol. The molecule has 2 atom stereocenters. The van der Waals surface area contributed by atoms with Gasteiger partial charge in [0.15, 0.2) is 0 Å². The maximum absolute atomic E-state index is 12.8. The monoisotopic (exact) mass is 292 g/mol. The van der Waals surface area contributed by atoms with Crippen LogP contribution in [0.2, 0.25) is 0 Å². The van der Waals surface area contributed by atoms with Gasteiger partial charge in [-0.15, -0.1) is 0 Å². The van der Waals surface area contributed by atoms with Gasteiger partial charge in [-0.3, -0.25) is 4.79 Å². The average Bonchev–Trinajstić information content (AvgIpc) is 2.74. The van der Waals surface area contributed by atoms with Crippen molar-refractivity contribution >= 4 is 5.91 Å². The summed E-state index contributed by atoms with van der Waals surface area (Å²) in [5.41, 5.74) is 0. The Balaban J connectivity index is 1.51. The van der Waals surface area contributed by atoms with E-state index < -0.39 is 0 Å². The van der Waals surface area contributed by atoms with Crippen molar-refractivity contribution in [3.05, 3.63) is 30.1 Å². The van der Waals surface area contributed by atoms with Crippen molar-refractivity contribution in [2.75, 3.05) is 19.7 Å². The fourth-order valence-corrected chi connectivity index (χ4v) is 3.31. The Morgan fingerprint density at radius 2 is 2.00 bits per heavy atom. The van der Waals surface area contributed by atoms with Crippen LogP contribution in [0.15, 0.2) is 24.3 Å². The molecule has 114 valence electrons. The van der Waals surface area contributed by atoms with E-state index in [-0.39, 0.29) is 11.7 Å². The van der Waals surface area contributed by atoms with E-state index in [1.165, 1.54) is 12.1 Å². The molecule has 2 heterocycles. The first-order valence-corrected chi connectivity index (χ1v) is 7.64. The highest BCUT2D eigenvalue weighted by molar-refractivity contribution is 5.77. The Morgan fingerprint density at radius 1 is 1.24 bits per heavy atom. The molecule has 0 aromatic heterocycles. The predicted octanol–water partition coefficient (Wildman–Crippen LogP) is 1.95. The number of carbonyl (C=O) groups is 1. The Labute approximate surface area is 124 Å². The zero-order valence-electron chi connectivity index (χ0n) is 12.1. The number of halogens is 1. The fraction of sp³-hybridized carbons (Fsp3) is 0.562. The standard InChI is InChI=1S/C16H21FN2O2/c17-12-1-5-15(6-2-12)21-10-8-16(20)19-13-3-4-14(19)11-18-9-7-13/h1-2,5-6,13-14,18H,3-4,7-11H2. The number of ether oxygens (including phenoxy) is 1.